The summed E-state index contributed by atoms with van der Waals surface area (Å²) in [5, 5.41) is 3.13. The van der Waals surface area contributed by atoms with Crippen molar-refractivity contribution >= 4 is 5.91 Å². The van der Waals surface area contributed by atoms with Crippen molar-refractivity contribution in [1.29, 1.82) is 0 Å². The molecule has 3 heteroatoms. The number of amides is 1. The average molecular weight is 246 g/mol. The van der Waals surface area contributed by atoms with Crippen LogP contribution in [-0.4, -0.2) is 18.0 Å². The fourth-order valence-corrected chi connectivity index (χ4v) is 2.31. The largest absolute Gasteiger partial charge is 0.347 e. The molecule has 0 bridgehead atoms. The second kappa shape index (κ2) is 5.11. The molecule has 0 saturated heterocycles. The van der Waals surface area contributed by atoms with Crippen LogP contribution in [0.2, 0.25) is 0 Å². The fraction of sp³-hybridized carbons (Fsp3) is 0.533. The molecule has 0 unspecified atom stereocenters. The van der Waals surface area contributed by atoms with Gasteiger partial charge in [0.2, 0.25) is 0 Å². The summed E-state index contributed by atoms with van der Waals surface area (Å²) < 4.78 is 0. The Bertz CT molecular complexity index is 436. The molecule has 0 aliphatic heterocycles. The summed E-state index contributed by atoms with van der Waals surface area (Å²) in [6.07, 6.45) is 3.26. The van der Waals surface area contributed by atoms with Gasteiger partial charge in [0, 0.05) is 11.1 Å². The molecule has 18 heavy (non-hydrogen) atoms. The Balaban J connectivity index is 2.06. The third-order valence-electron chi connectivity index (χ3n) is 3.66. The first-order chi connectivity index (χ1) is 8.53. The van der Waals surface area contributed by atoms with E-state index in [4.69, 9.17) is 5.73 Å². The molecule has 1 aromatic rings. The topological polar surface area (TPSA) is 55.1 Å². The maximum atomic E-state index is 12.2. The molecule has 1 aromatic carbocycles. The Kier molecular flexibility index (Phi) is 3.71. The highest BCUT2D eigenvalue weighted by molar-refractivity contribution is 5.94. The second-order valence-corrected chi connectivity index (χ2v) is 5.69. The number of hydrogen-bond acceptors (Lipinski definition) is 2. The lowest BCUT2D eigenvalue weighted by atomic mass is 9.98. The van der Waals surface area contributed by atoms with E-state index in [0.717, 1.165) is 17.5 Å². The van der Waals surface area contributed by atoms with E-state index in [-0.39, 0.29) is 11.4 Å². The van der Waals surface area contributed by atoms with Crippen molar-refractivity contribution in [1.82, 2.24) is 5.32 Å². The van der Waals surface area contributed by atoms with Crippen molar-refractivity contribution in [2.24, 2.45) is 11.7 Å². The molecule has 1 saturated carbocycles. The van der Waals surface area contributed by atoms with E-state index in [1.165, 1.54) is 12.8 Å². The van der Waals surface area contributed by atoms with Crippen LogP contribution in [0, 0.1) is 5.92 Å². The van der Waals surface area contributed by atoms with Crippen LogP contribution >= 0.6 is 0 Å². The molecule has 0 heterocycles. The molecule has 1 fully saturated rings. The first-order valence-electron chi connectivity index (χ1n) is 6.64. The minimum absolute atomic E-state index is 0.0192. The number of carbonyl (C=O) groups is 1. The molecule has 98 valence electrons. The summed E-state index contributed by atoms with van der Waals surface area (Å²) in [5.41, 5.74) is 7.29. The van der Waals surface area contributed by atoms with E-state index in [9.17, 15) is 4.79 Å². The minimum atomic E-state index is -0.0963. The van der Waals surface area contributed by atoms with Crippen LogP contribution in [0.3, 0.4) is 0 Å². The first kappa shape index (κ1) is 13.1. The van der Waals surface area contributed by atoms with Crippen molar-refractivity contribution in [3.63, 3.8) is 0 Å². The minimum Gasteiger partial charge on any atom is -0.347 e. The summed E-state index contributed by atoms with van der Waals surface area (Å²) in [5.74, 6) is 0.652. The molecule has 0 atom stereocenters. The fourth-order valence-electron chi connectivity index (χ4n) is 2.31. The Morgan fingerprint density at radius 1 is 1.44 bits per heavy atom. The van der Waals surface area contributed by atoms with Crippen LogP contribution in [0.15, 0.2) is 24.3 Å². The Morgan fingerprint density at radius 3 is 2.78 bits per heavy atom. The van der Waals surface area contributed by atoms with Gasteiger partial charge in [-0.15, -0.1) is 0 Å². The van der Waals surface area contributed by atoms with Gasteiger partial charge in [0.25, 0.3) is 5.91 Å². The first-order valence-corrected chi connectivity index (χ1v) is 6.64. The molecule has 3 N–H and O–H groups in total. The number of carbonyl (C=O) groups excluding carboxylic acids is 1. The highest BCUT2D eigenvalue weighted by atomic mass is 16.1. The van der Waals surface area contributed by atoms with Crippen LogP contribution in [0.4, 0.5) is 0 Å². The summed E-state index contributed by atoms with van der Waals surface area (Å²) >= 11 is 0. The lowest BCUT2D eigenvalue weighted by Crippen LogP contribution is -2.45. The summed E-state index contributed by atoms with van der Waals surface area (Å²) in [6.45, 7) is 4.82. The van der Waals surface area contributed by atoms with E-state index in [1.807, 2.05) is 24.3 Å². The van der Waals surface area contributed by atoms with Gasteiger partial charge >= 0.3 is 0 Å². The van der Waals surface area contributed by atoms with E-state index in [0.29, 0.717) is 12.5 Å². The predicted molar refractivity (Wildman–Crippen MR) is 73.5 cm³/mol. The summed E-state index contributed by atoms with van der Waals surface area (Å²) in [4.78, 5) is 12.2. The summed E-state index contributed by atoms with van der Waals surface area (Å²) in [7, 11) is 0. The third-order valence-corrected chi connectivity index (χ3v) is 3.66. The van der Waals surface area contributed by atoms with E-state index >= 15 is 0 Å². The van der Waals surface area contributed by atoms with E-state index < -0.39 is 0 Å². The van der Waals surface area contributed by atoms with Gasteiger partial charge in [0.05, 0.1) is 0 Å². The van der Waals surface area contributed by atoms with E-state index in [1.54, 1.807) is 0 Å². The monoisotopic (exact) mass is 246 g/mol. The maximum absolute atomic E-state index is 12.2. The molecular formula is C15H22N2O. The van der Waals surface area contributed by atoms with Crippen LogP contribution in [0.25, 0.3) is 0 Å². The average Bonchev–Trinajstić information content (AvgIpc) is 3.13. The molecular weight excluding hydrogens is 224 g/mol. The van der Waals surface area contributed by atoms with Gasteiger partial charge in [-0.1, -0.05) is 12.1 Å². The zero-order chi connectivity index (χ0) is 13.2. The maximum Gasteiger partial charge on any atom is 0.251 e. The Labute approximate surface area is 109 Å². The van der Waals surface area contributed by atoms with Gasteiger partial charge in [-0.25, -0.2) is 0 Å². The molecule has 2 rings (SSSR count). The molecule has 0 aromatic heterocycles. The normalized spacial score (nSPS) is 15.5. The van der Waals surface area contributed by atoms with E-state index in [2.05, 4.69) is 19.2 Å². The van der Waals surface area contributed by atoms with Gasteiger partial charge < -0.3 is 11.1 Å². The predicted octanol–water partition coefficient (Wildman–Crippen LogP) is 2.11. The molecule has 1 aliphatic carbocycles. The lowest BCUT2D eigenvalue weighted by Gasteiger charge is -2.26. The zero-order valence-electron chi connectivity index (χ0n) is 11.2. The van der Waals surface area contributed by atoms with Crippen LogP contribution < -0.4 is 11.1 Å². The quantitative estimate of drug-likeness (QED) is 0.836. The lowest BCUT2D eigenvalue weighted by molar-refractivity contribution is 0.0903. The highest BCUT2D eigenvalue weighted by Crippen LogP contribution is 2.39. The number of rotatable bonds is 5. The number of nitrogens with two attached hydrogens (primary N) is 1. The van der Waals surface area contributed by atoms with Crippen LogP contribution in [-0.2, 0) is 6.42 Å². The van der Waals surface area contributed by atoms with Gasteiger partial charge in [-0.2, -0.15) is 0 Å². The van der Waals surface area contributed by atoms with Gasteiger partial charge in [0.1, 0.15) is 0 Å². The van der Waals surface area contributed by atoms with Crippen LogP contribution in [0.5, 0.6) is 0 Å². The van der Waals surface area contributed by atoms with Gasteiger partial charge in [-0.3, -0.25) is 4.79 Å². The Morgan fingerprint density at radius 2 is 2.17 bits per heavy atom. The highest BCUT2D eigenvalue weighted by Gasteiger charge is 2.38. The van der Waals surface area contributed by atoms with Crippen LogP contribution in [0.1, 0.15) is 42.6 Å². The smallest absolute Gasteiger partial charge is 0.251 e. The van der Waals surface area contributed by atoms with Crippen molar-refractivity contribution < 1.29 is 4.79 Å². The SMILES string of the molecule is CC(C)(NC(=O)c1cccc(CCN)c1)C1CC1. The van der Waals surface area contributed by atoms with Crippen molar-refractivity contribution in [3.05, 3.63) is 35.4 Å². The molecule has 1 amide bonds. The molecule has 1 aliphatic rings. The number of nitrogens with one attached hydrogen (secondary N) is 1. The number of benzene rings is 1. The number of hydrogen-bond donors (Lipinski definition) is 2. The molecule has 0 radical (unpaired) electrons. The second-order valence-electron chi connectivity index (χ2n) is 5.69. The van der Waals surface area contributed by atoms with Crippen molar-refractivity contribution in [3.8, 4) is 0 Å². The third kappa shape index (κ3) is 3.10. The van der Waals surface area contributed by atoms with Gasteiger partial charge in [-0.05, 0) is 63.3 Å². The van der Waals surface area contributed by atoms with Gasteiger partial charge in [0.15, 0.2) is 0 Å². The Hall–Kier alpha value is -1.35. The zero-order valence-corrected chi connectivity index (χ0v) is 11.2. The molecule has 0 spiro atoms. The van der Waals surface area contributed by atoms with Crippen molar-refractivity contribution in [2.75, 3.05) is 6.54 Å². The summed E-state index contributed by atoms with van der Waals surface area (Å²) in [6, 6.07) is 7.73. The standard InChI is InChI=1S/C15H22N2O/c1-15(2,13-6-7-13)17-14(18)12-5-3-4-11(10-12)8-9-16/h3-5,10,13H,6-9,16H2,1-2H3,(H,17,18). The van der Waals surface area contributed by atoms with Crippen molar-refractivity contribution in [2.45, 2.75) is 38.6 Å². The molecule has 3 nitrogen and oxygen atoms in total.